The van der Waals surface area contributed by atoms with Crippen LogP contribution in [0.2, 0.25) is 0 Å². The summed E-state index contributed by atoms with van der Waals surface area (Å²) in [6.45, 7) is 2.94. The normalized spacial score (nSPS) is 17.3. The fraction of sp³-hybridized carbons (Fsp3) is 0.263. The van der Waals surface area contributed by atoms with Gasteiger partial charge in [-0.25, -0.2) is 0 Å². The molecule has 1 saturated heterocycles. The van der Waals surface area contributed by atoms with Crippen LogP contribution < -0.4 is 10.1 Å². The van der Waals surface area contributed by atoms with E-state index < -0.39 is 6.04 Å². The number of nitrogens with zero attached hydrogens (tertiary/aromatic N) is 1. The van der Waals surface area contributed by atoms with Crippen LogP contribution in [0.1, 0.15) is 23.7 Å². The van der Waals surface area contributed by atoms with Gasteiger partial charge in [-0.1, -0.05) is 25.1 Å². The Morgan fingerprint density at radius 3 is 2.46 bits per heavy atom. The predicted molar refractivity (Wildman–Crippen MR) is 91.1 cm³/mol. The van der Waals surface area contributed by atoms with Crippen LogP contribution in [0.3, 0.4) is 0 Å². The third-order valence-corrected chi connectivity index (χ3v) is 4.06. The quantitative estimate of drug-likeness (QED) is 0.941. The zero-order valence-electron chi connectivity index (χ0n) is 13.6. The zero-order valence-corrected chi connectivity index (χ0v) is 13.6. The fourth-order valence-corrected chi connectivity index (χ4v) is 2.82. The van der Waals surface area contributed by atoms with Crippen molar-refractivity contribution in [2.75, 3.05) is 13.1 Å². The van der Waals surface area contributed by atoms with E-state index >= 15 is 0 Å². The van der Waals surface area contributed by atoms with Crippen LogP contribution in [-0.4, -0.2) is 35.8 Å². The minimum atomic E-state index is -0.397. The molecule has 5 nitrogen and oxygen atoms in total. The highest BCUT2D eigenvalue weighted by atomic mass is 16.5. The van der Waals surface area contributed by atoms with E-state index in [0.29, 0.717) is 30.8 Å². The maximum Gasteiger partial charge on any atom is 0.254 e. The van der Waals surface area contributed by atoms with E-state index in [0.717, 1.165) is 5.75 Å². The molecule has 124 valence electrons. The Morgan fingerprint density at radius 2 is 1.79 bits per heavy atom. The Bertz CT molecular complexity index is 713. The lowest BCUT2D eigenvalue weighted by Crippen LogP contribution is -2.56. The van der Waals surface area contributed by atoms with Crippen molar-refractivity contribution in [1.82, 2.24) is 10.2 Å². The second-order valence-corrected chi connectivity index (χ2v) is 5.65. The van der Waals surface area contributed by atoms with Crippen LogP contribution in [0.4, 0.5) is 0 Å². The van der Waals surface area contributed by atoms with Crippen LogP contribution in [-0.2, 0) is 4.79 Å². The minimum Gasteiger partial charge on any atom is -0.457 e. The molecule has 24 heavy (non-hydrogen) atoms. The number of hydrogen-bond donors (Lipinski definition) is 1. The summed E-state index contributed by atoms with van der Waals surface area (Å²) in [5.41, 5.74) is 0.559. The predicted octanol–water partition coefficient (Wildman–Crippen LogP) is 2.83. The van der Waals surface area contributed by atoms with Crippen molar-refractivity contribution in [2.45, 2.75) is 19.4 Å². The molecule has 1 heterocycles. The summed E-state index contributed by atoms with van der Waals surface area (Å²) in [6.07, 6.45) is 0.604. The second kappa shape index (κ2) is 7.17. The molecule has 1 fully saturated rings. The summed E-state index contributed by atoms with van der Waals surface area (Å²) < 4.78 is 5.73. The van der Waals surface area contributed by atoms with Crippen molar-refractivity contribution >= 4 is 11.8 Å². The maximum atomic E-state index is 12.7. The number of nitrogens with one attached hydrogen (secondary N) is 1. The van der Waals surface area contributed by atoms with E-state index in [4.69, 9.17) is 4.74 Å². The Labute approximate surface area is 141 Å². The summed E-state index contributed by atoms with van der Waals surface area (Å²) in [5.74, 6) is 1.21. The summed E-state index contributed by atoms with van der Waals surface area (Å²) in [6, 6.07) is 16.1. The molecule has 2 amide bonds. The van der Waals surface area contributed by atoms with E-state index in [9.17, 15) is 9.59 Å². The number of amides is 2. The number of ether oxygens (including phenoxy) is 1. The molecule has 0 spiro atoms. The van der Waals surface area contributed by atoms with Crippen LogP contribution in [0.25, 0.3) is 0 Å². The molecule has 1 N–H and O–H groups in total. The van der Waals surface area contributed by atoms with Crippen molar-refractivity contribution in [3.63, 3.8) is 0 Å². The van der Waals surface area contributed by atoms with Gasteiger partial charge < -0.3 is 15.0 Å². The molecule has 0 aromatic heterocycles. The molecule has 2 aromatic rings. The average Bonchev–Trinajstić information content (AvgIpc) is 2.62. The third-order valence-electron chi connectivity index (χ3n) is 4.06. The van der Waals surface area contributed by atoms with Crippen LogP contribution in [0.5, 0.6) is 11.5 Å². The summed E-state index contributed by atoms with van der Waals surface area (Å²) >= 11 is 0. The topological polar surface area (TPSA) is 58.6 Å². The van der Waals surface area contributed by atoms with E-state index in [1.54, 1.807) is 29.2 Å². The molecule has 0 bridgehead atoms. The highest BCUT2D eigenvalue weighted by molar-refractivity contribution is 5.98. The Kier molecular flexibility index (Phi) is 4.79. The van der Waals surface area contributed by atoms with Crippen LogP contribution in [0, 0.1) is 0 Å². The van der Waals surface area contributed by atoms with Gasteiger partial charge >= 0.3 is 0 Å². The van der Waals surface area contributed by atoms with E-state index in [1.165, 1.54) is 0 Å². The van der Waals surface area contributed by atoms with Gasteiger partial charge in [-0.05, 0) is 42.8 Å². The first-order valence-corrected chi connectivity index (χ1v) is 8.10. The Morgan fingerprint density at radius 1 is 1.12 bits per heavy atom. The van der Waals surface area contributed by atoms with E-state index in [2.05, 4.69) is 5.32 Å². The van der Waals surface area contributed by atoms with Gasteiger partial charge in [-0.15, -0.1) is 0 Å². The standard InChI is InChI=1S/C19H20N2O3/c1-2-17-18(22)20-12-13-21(17)19(23)14-8-10-16(11-9-14)24-15-6-4-3-5-7-15/h3-11,17H,2,12-13H2,1H3,(H,20,22). The summed E-state index contributed by atoms with van der Waals surface area (Å²) in [7, 11) is 0. The molecule has 0 radical (unpaired) electrons. The molecule has 1 unspecified atom stereocenters. The van der Waals surface area contributed by atoms with Gasteiger partial charge in [-0.2, -0.15) is 0 Å². The minimum absolute atomic E-state index is 0.0823. The van der Waals surface area contributed by atoms with Gasteiger partial charge in [0.15, 0.2) is 0 Å². The van der Waals surface area contributed by atoms with Gasteiger partial charge in [0.2, 0.25) is 5.91 Å². The summed E-state index contributed by atoms with van der Waals surface area (Å²) in [5, 5.41) is 2.80. The monoisotopic (exact) mass is 324 g/mol. The first-order chi connectivity index (χ1) is 11.7. The number of carbonyl (C=O) groups excluding carboxylic acids is 2. The third kappa shape index (κ3) is 3.40. The SMILES string of the molecule is CCC1C(=O)NCCN1C(=O)c1ccc(Oc2ccccc2)cc1. The molecular formula is C19H20N2O3. The molecule has 1 aliphatic rings. The number of benzene rings is 2. The van der Waals surface area contributed by atoms with Gasteiger partial charge in [0.25, 0.3) is 5.91 Å². The first kappa shape index (κ1) is 16.1. The number of hydrogen-bond acceptors (Lipinski definition) is 3. The lowest BCUT2D eigenvalue weighted by molar-refractivity contribution is -0.127. The molecule has 2 aromatic carbocycles. The van der Waals surface area contributed by atoms with Crippen LogP contribution in [0.15, 0.2) is 54.6 Å². The Balaban J connectivity index is 1.73. The Hall–Kier alpha value is -2.82. The molecule has 0 aliphatic carbocycles. The number of carbonyl (C=O) groups is 2. The second-order valence-electron chi connectivity index (χ2n) is 5.65. The van der Waals surface area contributed by atoms with E-state index in [1.807, 2.05) is 37.3 Å². The zero-order chi connectivity index (χ0) is 16.9. The molecular weight excluding hydrogens is 304 g/mol. The summed E-state index contributed by atoms with van der Waals surface area (Å²) in [4.78, 5) is 26.2. The lowest BCUT2D eigenvalue weighted by atomic mass is 10.1. The number of rotatable bonds is 4. The van der Waals surface area contributed by atoms with Gasteiger partial charge in [-0.3, -0.25) is 9.59 Å². The molecule has 5 heteroatoms. The largest absolute Gasteiger partial charge is 0.457 e. The van der Waals surface area contributed by atoms with E-state index in [-0.39, 0.29) is 11.8 Å². The van der Waals surface area contributed by atoms with Gasteiger partial charge in [0.05, 0.1) is 0 Å². The van der Waals surface area contributed by atoms with Crippen LogP contribution >= 0.6 is 0 Å². The lowest BCUT2D eigenvalue weighted by Gasteiger charge is -2.34. The first-order valence-electron chi connectivity index (χ1n) is 8.10. The average molecular weight is 324 g/mol. The molecule has 0 saturated carbocycles. The van der Waals surface area contributed by atoms with Crippen molar-refractivity contribution in [3.8, 4) is 11.5 Å². The van der Waals surface area contributed by atoms with Crippen molar-refractivity contribution in [2.24, 2.45) is 0 Å². The van der Waals surface area contributed by atoms with Gasteiger partial charge in [0.1, 0.15) is 17.5 Å². The molecule has 3 rings (SSSR count). The molecule has 1 aliphatic heterocycles. The highest BCUT2D eigenvalue weighted by Crippen LogP contribution is 2.22. The van der Waals surface area contributed by atoms with Gasteiger partial charge in [0, 0.05) is 18.7 Å². The van der Waals surface area contributed by atoms with Crippen molar-refractivity contribution < 1.29 is 14.3 Å². The maximum absolute atomic E-state index is 12.7. The van der Waals surface area contributed by atoms with Crippen molar-refractivity contribution in [3.05, 3.63) is 60.2 Å². The number of piperazine rings is 1. The smallest absolute Gasteiger partial charge is 0.254 e. The van der Waals surface area contributed by atoms with Crippen molar-refractivity contribution in [1.29, 1.82) is 0 Å². The molecule has 1 atom stereocenters. The fourth-order valence-electron chi connectivity index (χ4n) is 2.82. The number of para-hydroxylation sites is 1. The highest BCUT2D eigenvalue weighted by Gasteiger charge is 2.31.